The van der Waals surface area contributed by atoms with Gasteiger partial charge >= 0.3 is 5.97 Å². The van der Waals surface area contributed by atoms with Crippen molar-refractivity contribution < 1.29 is 19.5 Å². The van der Waals surface area contributed by atoms with E-state index in [9.17, 15) is 14.4 Å². The van der Waals surface area contributed by atoms with Gasteiger partial charge in [-0.2, -0.15) is 0 Å². The molecule has 3 N–H and O–H groups in total. The Morgan fingerprint density at radius 3 is 2.40 bits per heavy atom. The summed E-state index contributed by atoms with van der Waals surface area (Å²) in [5.41, 5.74) is 6.91. The van der Waals surface area contributed by atoms with Gasteiger partial charge in [0.2, 0.25) is 0 Å². The third kappa shape index (κ3) is 1.55. The Balaban J connectivity index is 2.31. The van der Waals surface area contributed by atoms with Gasteiger partial charge in [-0.25, -0.2) is 0 Å². The number of imide groups is 1. The maximum atomic E-state index is 12.3. The molecule has 1 heterocycles. The molecule has 0 saturated carbocycles. The molecular formula is C14H10N2O4. The topological polar surface area (TPSA) is 101 Å². The Kier molecular flexibility index (Phi) is 2.47. The van der Waals surface area contributed by atoms with Crippen molar-refractivity contribution in [1.29, 1.82) is 0 Å². The van der Waals surface area contributed by atoms with Crippen LogP contribution < -0.4 is 5.73 Å². The van der Waals surface area contributed by atoms with Crippen LogP contribution in [0, 0.1) is 0 Å². The fourth-order valence-corrected chi connectivity index (χ4v) is 2.45. The number of carboxylic acids is 1. The molecule has 0 radical (unpaired) electrons. The fraction of sp³-hybridized carbons (Fsp3) is 0.0714. The first-order valence-corrected chi connectivity index (χ1v) is 5.90. The first-order chi connectivity index (χ1) is 9.50. The first-order valence-electron chi connectivity index (χ1n) is 5.90. The third-order valence-electron chi connectivity index (χ3n) is 3.32. The number of carbonyl (C=O) groups excluding carboxylic acids is 2. The quantitative estimate of drug-likeness (QED) is 0.628. The largest absolute Gasteiger partial charge is 0.480 e. The fourth-order valence-electron chi connectivity index (χ4n) is 2.45. The molecule has 0 bridgehead atoms. The summed E-state index contributed by atoms with van der Waals surface area (Å²) in [4.78, 5) is 36.1. The highest BCUT2D eigenvalue weighted by Crippen LogP contribution is 2.32. The minimum Gasteiger partial charge on any atom is -0.480 e. The number of nitrogens with two attached hydrogens (primary N) is 1. The lowest BCUT2D eigenvalue weighted by Crippen LogP contribution is -2.43. The van der Waals surface area contributed by atoms with Crippen LogP contribution in [-0.4, -0.2) is 34.3 Å². The molecule has 0 atom stereocenters. The van der Waals surface area contributed by atoms with Crippen molar-refractivity contribution in [2.75, 3.05) is 12.3 Å². The van der Waals surface area contributed by atoms with Crippen molar-refractivity contribution in [3.8, 4) is 0 Å². The van der Waals surface area contributed by atoms with Gasteiger partial charge in [-0.05, 0) is 18.2 Å². The molecule has 2 amide bonds. The number of amides is 2. The van der Waals surface area contributed by atoms with E-state index >= 15 is 0 Å². The molecule has 0 aliphatic carbocycles. The smallest absolute Gasteiger partial charge is 0.323 e. The first kappa shape index (κ1) is 12.2. The number of nitrogens with zero attached hydrogens (tertiary/aromatic N) is 1. The summed E-state index contributed by atoms with van der Waals surface area (Å²) >= 11 is 0. The summed E-state index contributed by atoms with van der Waals surface area (Å²) in [7, 11) is 0. The van der Waals surface area contributed by atoms with Gasteiger partial charge < -0.3 is 10.8 Å². The highest BCUT2D eigenvalue weighted by molar-refractivity contribution is 6.27. The van der Waals surface area contributed by atoms with Gasteiger partial charge in [0.1, 0.15) is 6.54 Å². The Morgan fingerprint density at radius 1 is 1.10 bits per heavy atom. The average Bonchev–Trinajstić information content (AvgIpc) is 2.42. The van der Waals surface area contributed by atoms with Crippen molar-refractivity contribution in [3.63, 3.8) is 0 Å². The number of anilines is 1. The predicted molar refractivity (Wildman–Crippen MR) is 71.4 cm³/mol. The van der Waals surface area contributed by atoms with Crippen molar-refractivity contribution in [2.24, 2.45) is 0 Å². The van der Waals surface area contributed by atoms with E-state index in [1.165, 1.54) is 6.07 Å². The van der Waals surface area contributed by atoms with Crippen LogP contribution in [0.15, 0.2) is 30.3 Å². The van der Waals surface area contributed by atoms with Gasteiger partial charge in [0.05, 0.1) is 0 Å². The molecule has 2 aromatic rings. The molecule has 100 valence electrons. The zero-order valence-corrected chi connectivity index (χ0v) is 10.3. The van der Waals surface area contributed by atoms with Gasteiger partial charge in [0.15, 0.2) is 0 Å². The van der Waals surface area contributed by atoms with E-state index in [1.54, 1.807) is 24.3 Å². The highest BCUT2D eigenvalue weighted by Gasteiger charge is 2.34. The molecule has 6 heteroatoms. The molecule has 1 aliphatic heterocycles. The Bertz CT molecular complexity index is 760. The molecule has 1 aliphatic rings. The third-order valence-corrected chi connectivity index (χ3v) is 3.32. The highest BCUT2D eigenvalue weighted by atomic mass is 16.4. The summed E-state index contributed by atoms with van der Waals surface area (Å²) in [6.07, 6.45) is 0. The Hall–Kier alpha value is -2.89. The van der Waals surface area contributed by atoms with E-state index < -0.39 is 24.3 Å². The minimum absolute atomic E-state index is 0.297. The number of hydrogen-bond donors (Lipinski definition) is 2. The zero-order valence-electron chi connectivity index (χ0n) is 10.3. The predicted octanol–water partition coefficient (Wildman–Crippen LogP) is 1.10. The van der Waals surface area contributed by atoms with Crippen molar-refractivity contribution in [3.05, 3.63) is 41.5 Å². The van der Waals surface area contributed by atoms with Gasteiger partial charge in [-0.15, -0.1) is 0 Å². The summed E-state index contributed by atoms with van der Waals surface area (Å²) in [6.45, 7) is -0.655. The van der Waals surface area contributed by atoms with Crippen LogP contribution in [0.2, 0.25) is 0 Å². The summed E-state index contributed by atoms with van der Waals surface area (Å²) in [5.74, 6) is -2.46. The van der Waals surface area contributed by atoms with Crippen LogP contribution in [0.4, 0.5) is 5.69 Å². The standard InChI is InChI=1S/C14H10N2O4/c15-10-5-4-9-12-7(10)2-1-3-8(12)13(19)16(14(9)20)6-11(17)18/h1-5H,6,15H2,(H,17,18). The molecule has 0 fully saturated rings. The summed E-state index contributed by atoms with van der Waals surface area (Å²) in [6, 6.07) is 8.04. The van der Waals surface area contributed by atoms with E-state index in [1.807, 2.05) is 0 Å². The van der Waals surface area contributed by atoms with Gasteiger partial charge in [0.25, 0.3) is 11.8 Å². The van der Waals surface area contributed by atoms with E-state index in [-0.39, 0.29) is 0 Å². The molecule has 0 aromatic heterocycles. The van der Waals surface area contributed by atoms with Crippen LogP contribution in [0.3, 0.4) is 0 Å². The molecule has 20 heavy (non-hydrogen) atoms. The summed E-state index contributed by atoms with van der Waals surface area (Å²) in [5, 5.41) is 9.93. The maximum Gasteiger partial charge on any atom is 0.323 e. The van der Waals surface area contributed by atoms with Gasteiger partial charge in [0, 0.05) is 27.6 Å². The summed E-state index contributed by atoms with van der Waals surface area (Å²) < 4.78 is 0. The number of carboxylic acid groups (broad SMARTS) is 1. The second-order valence-electron chi connectivity index (χ2n) is 4.52. The zero-order chi connectivity index (χ0) is 14.4. The van der Waals surface area contributed by atoms with Crippen molar-refractivity contribution >= 4 is 34.2 Å². The number of nitrogen functional groups attached to an aromatic ring is 1. The van der Waals surface area contributed by atoms with E-state index in [0.717, 1.165) is 4.90 Å². The number of benzene rings is 2. The maximum absolute atomic E-state index is 12.3. The second kappa shape index (κ2) is 4.06. The van der Waals surface area contributed by atoms with Crippen LogP contribution in [-0.2, 0) is 4.79 Å². The average molecular weight is 270 g/mol. The Morgan fingerprint density at radius 2 is 1.75 bits per heavy atom. The van der Waals surface area contributed by atoms with E-state index in [0.29, 0.717) is 27.6 Å². The lowest BCUT2D eigenvalue weighted by atomic mass is 9.93. The van der Waals surface area contributed by atoms with Crippen LogP contribution in [0.25, 0.3) is 10.8 Å². The SMILES string of the molecule is Nc1ccc2c3c(cccc13)C(=O)N(CC(=O)O)C2=O. The van der Waals surface area contributed by atoms with Crippen molar-refractivity contribution in [1.82, 2.24) is 4.90 Å². The molecular weight excluding hydrogens is 260 g/mol. The second-order valence-corrected chi connectivity index (χ2v) is 4.52. The van der Waals surface area contributed by atoms with Gasteiger partial charge in [-0.1, -0.05) is 12.1 Å². The molecule has 3 rings (SSSR count). The minimum atomic E-state index is -1.24. The van der Waals surface area contributed by atoms with Crippen molar-refractivity contribution in [2.45, 2.75) is 0 Å². The van der Waals surface area contributed by atoms with Crippen LogP contribution in [0.1, 0.15) is 20.7 Å². The van der Waals surface area contributed by atoms with E-state index in [2.05, 4.69) is 0 Å². The van der Waals surface area contributed by atoms with Crippen LogP contribution >= 0.6 is 0 Å². The molecule has 6 nitrogen and oxygen atoms in total. The normalized spacial score (nSPS) is 13.9. The molecule has 2 aromatic carbocycles. The lowest BCUT2D eigenvalue weighted by molar-refractivity contribution is -0.137. The number of carbonyl (C=O) groups is 3. The number of rotatable bonds is 2. The van der Waals surface area contributed by atoms with E-state index in [4.69, 9.17) is 10.8 Å². The number of hydrogen-bond acceptors (Lipinski definition) is 4. The molecule has 0 spiro atoms. The molecule has 0 saturated heterocycles. The molecule has 0 unspecified atom stereocenters. The lowest BCUT2D eigenvalue weighted by Gasteiger charge is -2.26. The number of aliphatic carboxylic acids is 1. The van der Waals surface area contributed by atoms with Crippen LogP contribution in [0.5, 0.6) is 0 Å². The monoisotopic (exact) mass is 270 g/mol. The van der Waals surface area contributed by atoms with Gasteiger partial charge in [-0.3, -0.25) is 19.3 Å². The Labute approximate surface area is 113 Å².